The predicted molar refractivity (Wildman–Crippen MR) is 104 cm³/mol. The Labute approximate surface area is 167 Å². The summed E-state index contributed by atoms with van der Waals surface area (Å²) in [6.45, 7) is 7.54. The smallest absolute Gasteiger partial charge is 0.303 e. The van der Waals surface area contributed by atoms with Gasteiger partial charge in [0.2, 0.25) is 0 Å². The molecule has 9 atom stereocenters. The van der Waals surface area contributed by atoms with E-state index in [2.05, 4.69) is 13.8 Å². The Morgan fingerprint density at radius 3 is 2.50 bits per heavy atom. The van der Waals surface area contributed by atoms with Crippen LogP contribution in [-0.4, -0.2) is 23.1 Å². The average molecular weight is 385 g/mol. The van der Waals surface area contributed by atoms with Gasteiger partial charge in [0, 0.05) is 18.3 Å². The molecule has 0 aliphatic heterocycles. The van der Waals surface area contributed by atoms with E-state index in [1.807, 2.05) is 6.08 Å². The van der Waals surface area contributed by atoms with Gasteiger partial charge in [-0.25, -0.2) is 0 Å². The summed E-state index contributed by atoms with van der Waals surface area (Å²) in [6.07, 6.45) is 7.84. The van der Waals surface area contributed by atoms with Crippen molar-refractivity contribution in [2.24, 2.45) is 46.8 Å². The first kappa shape index (κ1) is 18.6. The van der Waals surface area contributed by atoms with Gasteiger partial charge in [0.25, 0.3) is 0 Å². The van der Waals surface area contributed by atoms with E-state index < -0.39 is 5.60 Å². The number of ether oxygens (including phenoxy) is 1. The van der Waals surface area contributed by atoms with Gasteiger partial charge in [-0.15, -0.1) is 0 Å². The van der Waals surface area contributed by atoms with E-state index in [0.717, 1.165) is 32.1 Å². The molecule has 5 aliphatic carbocycles. The van der Waals surface area contributed by atoms with E-state index in [-0.39, 0.29) is 23.1 Å². The monoisotopic (exact) mass is 384 g/mol. The van der Waals surface area contributed by atoms with Crippen LogP contribution in [0.5, 0.6) is 0 Å². The quantitative estimate of drug-likeness (QED) is 0.672. The predicted octanol–water partition coefficient (Wildman–Crippen LogP) is 4.12. The fourth-order valence-corrected chi connectivity index (χ4v) is 8.30. The number of allylic oxidation sites excluding steroid dienone is 1. The number of rotatable bonds is 2. The largest absolute Gasteiger partial charge is 0.451 e. The van der Waals surface area contributed by atoms with Crippen LogP contribution in [0.1, 0.15) is 66.2 Å². The second kappa shape index (κ2) is 5.79. The molecule has 0 spiro atoms. The second-order valence-corrected chi connectivity index (χ2v) is 10.6. The summed E-state index contributed by atoms with van der Waals surface area (Å²) in [5, 5.41) is 0. The zero-order chi connectivity index (χ0) is 20.0. The Kier molecular flexibility index (Phi) is 3.84. The third-order valence-electron chi connectivity index (χ3n) is 9.52. The maximum Gasteiger partial charge on any atom is 0.303 e. The maximum atomic E-state index is 12.8. The van der Waals surface area contributed by atoms with Crippen LogP contribution in [-0.2, 0) is 19.1 Å². The lowest BCUT2D eigenvalue weighted by molar-refractivity contribution is -0.186. The molecule has 28 heavy (non-hydrogen) atoms. The maximum absolute atomic E-state index is 12.8. The summed E-state index contributed by atoms with van der Waals surface area (Å²) in [4.78, 5) is 37.0. The molecule has 0 bridgehead atoms. The Hall–Kier alpha value is -1.45. The average Bonchev–Trinajstić information content (AvgIpc) is 3.35. The van der Waals surface area contributed by atoms with E-state index in [0.29, 0.717) is 47.7 Å². The van der Waals surface area contributed by atoms with E-state index >= 15 is 0 Å². The number of carbonyl (C=O) groups excluding carboxylic acids is 3. The Balaban J connectivity index is 1.51. The van der Waals surface area contributed by atoms with Crippen molar-refractivity contribution in [2.75, 3.05) is 0 Å². The van der Waals surface area contributed by atoms with Crippen molar-refractivity contribution in [3.8, 4) is 0 Å². The van der Waals surface area contributed by atoms with Crippen molar-refractivity contribution in [2.45, 2.75) is 71.8 Å². The van der Waals surface area contributed by atoms with Gasteiger partial charge in [-0.1, -0.05) is 19.4 Å². The molecule has 0 N–H and O–H groups in total. The van der Waals surface area contributed by atoms with E-state index in [9.17, 15) is 14.4 Å². The lowest BCUT2D eigenvalue weighted by atomic mass is 9.48. The Morgan fingerprint density at radius 2 is 1.82 bits per heavy atom. The number of hydrogen-bond acceptors (Lipinski definition) is 4. The van der Waals surface area contributed by atoms with Crippen LogP contribution in [0.25, 0.3) is 0 Å². The molecule has 0 saturated heterocycles. The molecule has 4 nitrogen and oxygen atoms in total. The number of ketones is 2. The van der Waals surface area contributed by atoms with Crippen molar-refractivity contribution >= 4 is 17.5 Å². The van der Waals surface area contributed by atoms with Gasteiger partial charge < -0.3 is 4.74 Å². The highest BCUT2D eigenvalue weighted by atomic mass is 16.6. The Bertz CT molecular complexity index is 796. The number of Topliss-reactive ketones (excluding diaryl/α,β-unsaturated/α-hetero) is 1. The van der Waals surface area contributed by atoms with Gasteiger partial charge in [0.1, 0.15) is 0 Å². The molecule has 0 radical (unpaired) electrons. The number of fused-ring (bicyclic) bond motifs is 7. The molecular weight excluding hydrogens is 352 g/mol. The number of hydrogen-bond donors (Lipinski definition) is 0. The first-order chi connectivity index (χ1) is 13.2. The standard InChI is InChI=1S/C24H32O4/c1-12-9-17-15(22-16(12)11-21(27)18-10-19(18)22)5-7-23(4)20(17)6-8-24(23,13(2)25)28-14(3)26/h11-12,15,17-20,22H,5-10H2,1-4H3/t12-,15-,17+,18?,19-,20-,22+,23-,24-/m0/s1. The molecule has 0 heterocycles. The summed E-state index contributed by atoms with van der Waals surface area (Å²) in [5.74, 6) is 3.54. The first-order valence-electron chi connectivity index (χ1n) is 11.2. The lowest BCUT2D eigenvalue weighted by Crippen LogP contribution is -2.58. The lowest BCUT2D eigenvalue weighted by Gasteiger charge is -2.56. The van der Waals surface area contributed by atoms with Crippen LogP contribution in [0.3, 0.4) is 0 Å². The van der Waals surface area contributed by atoms with Gasteiger partial charge in [-0.3, -0.25) is 14.4 Å². The topological polar surface area (TPSA) is 60.4 Å². The SMILES string of the molecule is CC(=O)O[C@]1(C(C)=O)CC[C@H]2[C@@H]3C[C@H](C)C4=CC(=O)C5C[C@@H]5[C@@H]4[C@H]3CC[C@@]21C. The molecule has 5 rings (SSSR count). The molecule has 4 saturated carbocycles. The van der Waals surface area contributed by atoms with Crippen molar-refractivity contribution < 1.29 is 19.1 Å². The molecule has 152 valence electrons. The zero-order valence-electron chi connectivity index (χ0n) is 17.5. The van der Waals surface area contributed by atoms with Gasteiger partial charge in [-0.05, 0) is 87.0 Å². The summed E-state index contributed by atoms with van der Waals surface area (Å²) >= 11 is 0. The van der Waals surface area contributed by atoms with Gasteiger partial charge in [-0.2, -0.15) is 0 Å². The van der Waals surface area contributed by atoms with Crippen LogP contribution in [0.2, 0.25) is 0 Å². The minimum Gasteiger partial charge on any atom is -0.451 e. The highest BCUT2D eigenvalue weighted by molar-refractivity contribution is 5.96. The molecule has 4 fully saturated rings. The first-order valence-corrected chi connectivity index (χ1v) is 11.2. The summed E-state index contributed by atoms with van der Waals surface area (Å²) in [7, 11) is 0. The van der Waals surface area contributed by atoms with E-state index in [1.54, 1.807) is 6.92 Å². The fourth-order valence-electron chi connectivity index (χ4n) is 8.30. The van der Waals surface area contributed by atoms with E-state index in [4.69, 9.17) is 4.74 Å². The molecule has 1 unspecified atom stereocenters. The molecule has 4 heteroatoms. The van der Waals surface area contributed by atoms with Crippen molar-refractivity contribution in [1.29, 1.82) is 0 Å². The molecule has 0 amide bonds. The third-order valence-corrected chi connectivity index (χ3v) is 9.52. The molecule has 5 aliphatic rings. The van der Waals surface area contributed by atoms with Crippen LogP contribution >= 0.6 is 0 Å². The van der Waals surface area contributed by atoms with Gasteiger partial charge in [0.15, 0.2) is 17.2 Å². The van der Waals surface area contributed by atoms with Crippen LogP contribution in [0, 0.1) is 46.8 Å². The van der Waals surface area contributed by atoms with Crippen LogP contribution in [0.15, 0.2) is 11.6 Å². The zero-order valence-corrected chi connectivity index (χ0v) is 17.5. The van der Waals surface area contributed by atoms with Crippen molar-refractivity contribution in [1.82, 2.24) is 0 Å². The number of carbonyl (C=O) groups is 3. The third kappa shape index (κ3) is 2.21. The second-order valence-electron chi connectivity index (χ2n) is 10.6. The minimum absolute atomic E-state index is 0.0149. The Morgan fingerprint density at radius 1 is 1.07 bits per heavy atom. The minimum atomic E-state index is -0.946. The molecule has 0 aromatic heterocycles. The highest BCUT2D eigenvalue weighted by Crippen LogP contribution is 2.69. The van der Waals surface area contributed by atoms with Crippen molar-refractivity contribution in [3.05, 3.63) is 11.6 Å². The van der Waals surface area contributed by atoms with Crippen LogP contribution in [0.4, 0.5) is 0 Å². The highest BCUT2D eigenvalue weighted by Gasteiger charge is 2.68. The molecular formula is C24H32O4. The van der Waals surface area contributed by atoms with Crippen LogP contribution < -0.4 is 0 Å². The molecule has 0 aromatic rings. The normalized spacial score (nSPS) is 51.2. The summed E-state index contributed by atoms with van der Waals surface area (Å²) in [6, 6.07) is 0. The summed E-state index contributed by atoms with van der Waals surface area (Å²) in [5.41, 5.74) is 0.211. The molecule has 0 aromatic carbocycles. The fraction of sp³-hybridized carbons (Fsp3) is 0.792. The van der Waals surface area contributed by atoms with Gasteiger partial charge in [0.05, 0.1) is 0 Å². The van der Waals surface area contributed by atoms with Gasteiger partial charge >= 0.3 is 5.97 Å². The van der Waals surface area contributed by atoms with Crippen molar-refractivity contribution in [3.63, 3.8) is 0 Å². The van der Waals surface area contributed by atoms with E-state index in [1.165, 1.54) is 12.5 Å². The summed E-state index contributed by atoms with van der Waals surface area (Å²) < 4.78 is 5.84. The number of esters is 1.